The summed E-state index contributed by atoms with van der Waals surface area (Å²) in [6.07, 6.45) is 4.38. The molecular weight excluding hydrogens is 1610 g/mol. The van der Waals surface area contributed by atoms with Gasteiger partial charge in [0.1, 0.15) is 0 Å². The van der Waals surface area contributed by atoms with E-state index in [1.54, 1.807) is 0 Å². The van der Waals surface area contributed by atoms with E-state index in [-0.39, 0.29) is 16.5 Å². The highest BCUT2D eigenvalue weighted by atomic mass is 35.5. The average Bonchev–Trinajstić information content (AvgIpc) is 1.56. The summed E-state index contributed by atoms with van der Waals surface area (Å²) < 4.78 is 22.2. The third-order valence-corrected chi connectivity index (χ3v) is 26.4. The molecule has 0 saturated carbocycles. The molecule has 1 saturated heterocycles. The molecule has 25 rings (SSSR count). The van der Waals surface area contributed by atoms with Crippen LogP contribution >= 0.6 is 11.6 Å². The van der Waals surface area contributed by atoms with Gasteiger partial charge in [0.25, 0.3) is 0 Å². The topological polar surface area (TPSA) is 89.7 Å². The van der Waals surface area contributed by atoms with Crippen molar-refractivity contribution in [2.24, 2.45) is 0 Å². The SMILES string of the molecule is CC1(C)OB(c2ccc3c(c2)c2ccc4c(ccn4-c4ccc(-c5ccccc5)cc4)c2n3-c2ccccc2)OC1(C)C.Clc1nc(-c2ccc(-c3cccc4ccccc34)cc2)c2ccccc2n1.c1ccc(-c2ccc(-n3ccc4c3ccc3c5cc(-c6nc(-c7ccc(-c8cccc9ccccc89)cc7)c7ccccc7n6)ccc5n(-c5ccccc5)c34)cc2)cc1. The van der Waals surface area contributed by atoms with Crippen molar-refractivity contribution in [1.29, 1.82) is 0 Å². The zero-order chi connectivity index (χ0) is 87.1. The molecule has 1 fully saturated rings. The van der Waals surface area contributed by atoms with Crippen molar-refractivity contribution in [2.75, 3.05) is 0 Å². The summed E-state index contributed by atoms with van der Waals surface area (Å²) in [5.74, 6) is 0.704. The van der Waals surface area contributed by atoms with Gasteiger partial charge in [0.15, 0.2) is 5.82 Å². The molecule has 0 unspecified atom stereocenters. The summed E-state index contributed by atoms with van der Waals surface area (Å²) in [6.45, 7) is 8.40. The molecule has 12 heteroatoms. The van der Waals surface area contributed by atoms with E-state index in [1.165, 1.54) is 110 Å². The van der Waals surface area contributed by atoms with E-state index in [2.05, 4.69) is 469 Å². The number of para-hydroxylation sites is 4. The van der Waals surface area contributed by atoms with Crippen LogP contribution in [-0.4, -0.2) is 56.5 Å². The van der Waals surface area contributed by atoms with Gasteiger partial charge in [-0.2, -0.15) is 0 Å². The molecule has 0 amide bonds. The maximum absolute atomic E-state index is 6.43. The lowest BCUT2D eigenvalue weighted by Gasteiger charge is -2.32. The van der Waals surface area contributed by atoms with Crippen molar-refractivity contribution in [2.45, 2.75) is 38.9 Å². The van der Waals surface area contributed by atoms with Gasteiger partial charge in [-0.05, 0) is 220 Å². The summed E-state index contributed by atoms with van der Waals surface area (Å²) in [5, 5.41) is 14.4. The summed E-state index contributed by atoms with van der Waals surface area (Å²) >= 11 is 6.14. The van der Waals surface area contributed by atoms with E-state index in [1.807, 2.05) is 24.3 Å². The maximum Gasteiger partial charge on any atom is 0.494 e. The lowest BCUT2D eigenvalue weighted by molar-refractivity contribution is 0.00578. The highest BCUT2D eigenvalue weighted by Gasteiger charge is 2.52. The molecule has 1 aliphatic heterocycles. The predicted octanol–water partition coefficient (Wildman–Crippen LogP) is 30.0. The number of halogens is 1. The number of nitrogens with zero attached hydrogens (tertiary/aromatic N) is 8. The van der Waals surface area contributed by atoms with Crippen LogP contribution in [0.1, 0.15) is 27.7 Å². The normalized spacial score (nSPS) is 13.0. The first-order valence-corrected chi connectivity index (χ1v) is 44.5. The molecule has 0 bridgehead atoms. The Bertz CT molecular complexity index is 8440. The minimum atomic E-state index is -0.409. The first kappa shape index (κ1) is 78.8. The molecular formula is C118H84BClN8O2. The van der Waals surface area contributed by atoms with Crippen molar-refractivity contribution in [3.63, 3.8) is 0 Å². The molecule has 0 aliphatic carbocycles. The third kappa shape index (κ3) is 14.1. The van der Waals surface area contributed by atoms with Crippen molar-refractivity contribution >= 4 is 133 Å². The van der Waals surface area contributed by atoms with Crippen LogP contribution < -0.4 is 5.46 Å². The number of benzene rings is 18. The number of fused-ring (bicyclic) bond motifs is 14. The molecule has 6 aromatic heterocycles. The Morgan fingerprint density at radius 1 is 0.254 bits per heavy atom. The standard InChI is InChI=1S/C56H36N4.C38H33BN2O2.C24H15ClN2/c1-3-12-37(13-4-1)38-26-29-43(30-27-38)59-35-34-49-52(59)33-31-47-50-36-42(28-32-53(50)60(55(47)49)44-16-5-2-6-17-44)56-57-51-21-10-9-19-48(51)54(58-56)41-24-22-40(23-25-41)46-20-11-15-39-14-7-8-18-45(39)46;1-37(2)38(3,4)43-39(42-37)28-17-21-35-33(25-28)31-20-22-34-32(36(31)41(35)30-13-9-6-10-14-30)23-24-40(34)29-18-15-27(16-19-29)26-11-7-5-8-12-26;25-24-26-22-11-4-3-9-21(22)23(27-24)18-14-12-17(13-15-18)20-10-5-7-16-6-1-2-8-19(16)20/h1-36H;5-25H,1-4H3;1-15H. The third-order valence-electron chi connectivity index (χ3n) is 26.2. The number of aromatic nitrogens is 8. The fourth-order valence-electron chi connectivity index (χ4n) is 19.0. The summed E-state index contributed by atoms with van der Waals surface area (Å²) in [6, 6.07) is 150. The Balaban J connectivity index is 0.000000120. The fourth-order valence-corrected chi connectivity index (χ4v) is 19.2. The average molecular weight is 1690 g/mol. The Hall–Kier alpha value is -15.9. The lowest BCUT2D eigenvalue weighted by Crippen LogP contribution is -2.41. The highest BCUT2D eigenvalue weighted by molar-refractivity contribution is 6.62. The van der Waals surface area contributed by atoms with Crippen LogP contribution in [0.15, 0.2) is 437 Å². The molecule has 0 N–H and O–H groups in total. The number of hydrogen-bond donors (Lipinski definition) is 0. The maximum atomic E-state index is 6.43. The van der Waals surface area contributed by atoms with Crippen LogP contribution in [0.3, 0.4) is 0 Å². The van der Waals surface area contributed by atoms with Gasteiger partial charge in [0.2, 0.25) is 5.28 Å². The second-order valence-electron chi connectivity index (χ2n) is 34.4. The van der Waals surface area contributed by atoms with E-state index in [0.717, 1.165) is 100 Å². The molecule has 618 valence electrons. The van der Waals surface area contributed by atoms with E-state index < -0.39 is 7.12 Å². The summed E-state index contributed by atoms with van der Waals surface area (Å²) in [5.41, 5.74) is 28.1. The van der Waals surface area contributed by atoms with Crippen molar-refractivity contribution in [1.82, 2.24) is 38.2 Å². The van der Waals surface area contributed by atoms with Gasteiger partial charge in [-0.1, -0.05) is 315 Å². The lowest BCUT2D eigenvalue weighted by atomic mass is 9.78. The molecule has 7 heterocycles. The monoisotopic (exact) mass is 1690 g/mol. The first-order valence-electron chi connectivity index (χ1n) is 44.2. The van der Waals surface area contributed by atoms with Gasteiger partial charge in [0.05, 0.1) is 66.7 Å². The Morgan fingerprint density at radius 2 is 0.623 bits per heavy atom. The molecule has 0 radical (unpaired) electrons. The molecule has 130 heavy (non-hydrogen) atoms. The summed E-state index contributed by atoms with van der Waals surface area (Å²) in [4.78, 5) is 19.3. The smallest absolute Gasteiger partial charge is 0.399 e. The predicted molar refractivity (Wildman–Crippen MR) is 542 cm³/mol. The van der Waals surface area contributed by atoms with Crippen molar-refractivity contribution < 1.29 is 9.31 Å². The molecule has 10 nitrogen and oxygen atoms in total. The van der Waals surface area contributed by atoms with Crippen LogP contribution in [0.2, 0.25) is 5.28 Å². The molecule has 0 atom stereocenters. The van der Waals surface area contributed by atoms with Crippen LogP contribution in [0.25, 0.3) is 210 Å². The van der Waals surface area contributed by atoms with E-state index in [0.29, 0.717) is 5.82 Å². The van der Waals surface area contributed by atoms with E-state index in [4.69, 9.17) is 30.9 Å². The van der Waals surface area contributed by atoms with Gasteiger partial charge in [0, 0.05) is 94.9 Å². The van der Waals surface area contributed by atoms with Crippen LogP contribution in [0, 0.1) is 0 Å². The molecule has 1 aliphatic rings. The zero-order valence-corrected chi connectivity index (χ0v) is 72.7. The number of hydrogen-bond acceptors (Lipinski definition) is 6. The highest BCUT2D eigenvalue weighted by Crippen LogP contribution is 2.45. The van der Waals surface area contributed by atoms with Gasteiger partial charge in [-0.3, -0.25) is 0 Å². The Labute approximate surface area is 757 Å². The number of rotatable bonds is 12. The first-order chi connectivity index (χ1) is 63.8. The van der Waals surface area contributed by atoms with Crippen LogP contribution in [0.5, 0.6) is 0 Å². The summed E-state index contributed by atoms with van der Waals surface area (Å²) in [7, 11) is -0.409. The molecule has 0 spiro atoms. The van der Waals surface area contributed by atoms with Gasteiger partial charge >= 0.3 is 7.12 Å². The van der Waals surface area contributed by atoms with Gasteiger partial charge in [-0.25, -0.2) is 19.9 Å². The second kappa shape index (κ2) is 32.5. The largest absolute Gasteiger partial charge is 0.494 e. The Morgan fingerprint density at radius 3 is 1.11 bits per heavy atom. The van der Waals surface area contributed by atoms with Crippen LogP contribution in [-0.2, 0) is 9.31 Å². The molecule has 18 aromatic carbocycles. The van der Waals surface area contributed by atoms with Gasteiger partial charge in [-0.15, -0.1) is 0 Å². The minimum Gasteiger partial charge on any atom is -0.399 e. The van der Waals surface area contributed by atoms with Gasteiger partial charge < -0.3 is 27.6 Å². The second-order valence-corrected chi connectivity index (χ2v) is 34.7. The fraction of sp³-hybridized carbons (Fsp3) is 0.0508. The van der Waals surface area contributed by atoms with Crippen LogP contribution in [0.4, 0.5) is 0 Å². The van der Waals surface area contributed by atoms with E-state index >= 15 is 0 Å². The Kier molecular flexibility index (Phi) is 19.7. The zero-order valence-electron chi connectivity index (χ0n) is 71.9. The quantitative estimate of drug-likeness (QED) is 0.0894. The van der Waals surface area contributed by atoms with Crippen molar-refractivity contribution in [3.05, 3.63) is 442 Å². The van der Waals surface area contributed by atoms with Crippen molar-refractivity contribution in [3.8, 4) is 101 Å². The minimum absolute atomic E-state index is 0.266. The van der Waals surface area contributed by atoms with E-state index in [9.17, 15) is 0 Å². The molecule has 24 aromatic rings.